The SMILES string of the molecule is C[C@@H](NC1CC(c2cccc(Br)c2)C1)c1ccccc1Cl. The number of halogens is 2. The van der Waals surface area contributed by atoms with Crippen molar-refractivity contribution in [2.24, 2.45) is 0 Å². The van der Waals surface area contributed by atoms with Gasteiger partial charge in [-0.2, -0.15) is 0 Å². The van der Waals surface area contributed by atoms with Crippen LogP contribution in [0.3, 0.4) is 0 Å². The first kappa shape index (κ1) is 15.1. The molecule has 0 saturated heterocycles. The van der Waals surface area contributed by atoms with Crippen LogP contribution in [0.2, 0.25) is 5.02 Å². The van der Waals surface area contributed by atoms with E-state index in [1.807, 2.05) is 18.2 Å². The molecule has 0 spiro atoms. The maximum atomic E-state index is 6.26. The molecule has 0 aromatic heterocycles. The van der Waals surface area contributed by atoms with E-state index in [2.05, 4.69) is 58.5 Å². The molecule has 1 N–H and O–H groups in total. The molecule has 0 amide bonds. The smallest absolute Gasteiger partial charge is 0.0453 e. The van der Waals surface area contributed by atoms with Crippen molar-refractivity contribution in [2.45, 2.75) is 37.8 Å². The van der Waals surface area contributed by atoms with Crippen LogP contribution in [0.15, 0.2) is 53.0 Å². The lowest BCUT2D eigenvalue weighted by molar-refractivity contribution is 0.271. The van der Waals surface area contributed by atoms with Gasteiger partial charge in [-0.3, -0.25) is 0 Å². The third-order valence-corrected chi connectivity index (χ3v) is 5.15. The largest absolute Gasteiger partial charge is 0.307 e. The monoisotopic (exact) mass is 363 g/mol. The van der Waals surface area contributed by atoms with Crippen molar-refractivity contribution in [3.05, 3.63) is 69.2 Å². The van der Waals surface area contributed by atoms with Gasteiger partial charge in [-0.15, -0.1) is 0 Å². The van der Waals surface area contributed by atoms with Crippen LogP contribution in [0.5, 0.6) is 0 Å². The van der Waals surface area contributed by atoms with Crippen molar-refractivity contribution < 1.29 is 0 Å². The predicted molar refractivity (Wildman–Crippen MR) is 92.9 cm³/mol. The lowest BCUT2D eigenvalue weighted by Crippen LogP contribution is -2.41. The molecule has 0 radical (unpaired) electrons. The van der Waals surface area contributed by atoms with E-state index in [9.17, 15) is 0 Å². The molecule has 1 fully saturated rings. The van der Waals surface area contributed by atoms with Gasteiger partial charge in [0.05, 0.1) is 0 Å². The van der Waals surface area contributed by atoms with Crippen LogP contribution >= 0.6 is 27.5 Å². The van der Waals surface area contributed by atoms with Gasteiger partial charge in [-0.1, -0.05) is 57.9 Å². The van der Waals surface area contributed by atoms with Crippen LogP contribution in [-0.2, 0) is 0 Å². The van der Waals surface area contributed by atoms with E-state index in [0.717, 1.165) is 5.02 Å². The summed E-state index contributed by atoms with van der Waals surface area (Å²) in [5.41, 5.74) is 2.62. The summed E-state index contributed by atoms with van der Waals surface area (Å²) in [6.07, 6.45) is 2.40. The number of hydrogen-bond acceptors (Lipinski definition) is 1. The Morgan fingerprint density at radius 3 is 2.62 bits per heavy atom. The third kappa shape index (κ3) is 3.50. The van der Waals surface area contributed by atoms with Crippen molar-refractivity contribution in [3.8, 4) is 0 Å². The van der Waals surface area contributed by atoms with E-state index in [0.29, 0.717) is 18.0 Å². The molecule has 1 saturated carbocycles. The van der Waals surface area contributed by atoms with Gasteiger partial charge in [-0.05, 0) is 55.0 Å². The normalized spacial score (nSPS) is 22.6. The lowest BCUT2D eigenvalue weighted by atomic mass is 9.75. The van der Waals surface area contributed by atoms with E-state index in [-0.39, 0.29) is 0 Å². The molecule has 3 heteroatoms. The molecule has 21 heavy (non-hydrogen) atoms. The highest BCUT2D eigenvalue weighted by Crippen LogP contribution is 2.39. The van der Waals surface area contributed by atoms with Gasteiger partial charge in [0.2, 0.25) is 0 Å². The van der Waals surface area contributed by atoms with Crippen LogP contribution in [0.25, 0.3) is 0 Å². The molecular formula is C18H19BrClN. The summed E-state index contributed by atoms with van der Waals surface area (Å²) in [4.78, 5) is 0. The molecule has 0 heterocycles. The van der Waals surface area contributed by atoms with Crippen molar-refractivity contribution in [1.29, 1.82) is 0 Å². The van der Waals surface area contributed by atoms with Gasteiger partial charge in [0.15, 0.2) is 0 Å². The van der Waals surface area contributed by atoms with Crippen molar-refractivity contribution in [3.63, 3.8) is 0 Å². The fourth-order valence-electron chi connectivity index (χ4n) is 3.06. The Morgan fingerprint density at radius 1 is 1.14 bits per heavy atom. The van der Waals surface area contributed by atoms with Crippen LogP contribution in [0.4, 0.5) is 0 Å². The molecule has 3 rings (SSSR count). The summed E-state index contributed by atoms with van der Waals surface area (Å²) in [5, 5.41) is 4.54. The molecule has 1 atom stereocenters. The second-order valence-electron chi connectivity index (χ2n) is 5.83. The molecular weight excluding hydrogens is 346 g/mol. The molecule has 2 aromatic rings. The number of rotatable bonds is 4. The van der Waals surface area contributed by atoms with E-state index < -0.39 is 0 Å². The summed E-state index contributed by atoms with van der Waals surface area (Å²) in [6.45, 7) is 2.19. The maximum absolute atomic E-state index is 6.26. The minimum absolute atomic E-state index is 0.298. The molecule has 0 aliphatic heterocycles. The molecule has 1 nitrogen and oxygen atoms in total. The zero-order valence-electron chi connectivity index (χ0n) is 12.0. The van der Waals surface area contributed by atoms with Crippen molar-refractivity contribution >= 4 is 27.5 Å². The zero-order chi connectivity index (χ0) is 14.8. The molecule has 0 unspecified atom stereocenters. The standard InChI is InChI=1S/C18H19BrClN/c1-12(17-7-2-3-8-18(17)20)21-16-10-14(11-16)13-5-4-6-15(19)9-13/h2-9,12,14,16,21H,10-11H2,1H3/t12-,14?,16?/m1/s1. The first-order valence-corrected chi connectivity index (χ1v) is 8.56. The fourth-order valence-corrected chi connectivity index (χ4v) is 3.77. The zero-order valence-corrected chi connectivity index (χ0v) is 14.4. The number of hydrogen-bond donors (Lipinski definition) is 1. The first-order valence-electron chi connectivity index (χ1n) is 7.39. The minimum atomic E-state index is 0.298. The lowest BCUT2D eigenvalue weighted by Gasteiger charge is -2.38. The Kier molecular flexibility index (Phi) is 4.68. The third-order valence-electron chi connectivity index (χ3n) is 4.32. The summed E-state index contributed by atoms with van der Waals surface area (Å²) in [5.74, 6) is 0.679. The Hall–Kier alpha value is -0.830. The van der Waals surface area contributed by atoms with Gasteiger partial charge in [0.25, 0.3) is 0 Å². The quantitative estimate of drug-likeness (QED) is 0.734. The van der Waals surface area contributed by atoms with Gasteiger partial charge < -0.3 is 5.32 Å². The van der Waals surface area contributed by atoms with Crippen LogP contribution < -0.4 is 5.32 Å². The Balaban J connectivity index is 1.56. The van der Waals surface area contributed by atoms with Gasteiger partial charge in [-0.25, -0.2) is 0 Å². The molecule has 1 aliphatic rings. The second kappa shape index (κ2) is 6.51. The number of benzene rings is 2. The molecule has 1 aliphatic carbocycles. The minimum Gasteiger partial charge on any atom is -0.307 e. The predicted octanol–water partition coefficient (Wildman–Crippen LogP) is 5.70. The highest BCUT2D eigenvalue weighted by molar-refractivity contribution is 9.10. The van der Waals surface area contributed by atoms with Crippen molar-refractivity contribution in [2.75, 3.05) is 0 Å². The van der Waals surface area contributed by atoms with Gasteiger partial charge >= 0.3 is 0 Å². The van der Waals surface area contributed by atoms with E-state index in [1.165, 1.54) is 28.4 Å². The molecule has 0 bridgehead atoms. The van der Waals surface area contributed by atoms with Crippen LogP contribution in [-0.4, -0.2) is 6.04 Å². The Bertz CT molecular complexity index is 622. The topological polar surface area (TPSA) is 12.0 Å². The average molecular weight is 365 g/mol. The highest BCUT2D eigenvalue weighted by Gasteiger charge is 2.31. The number of nitrogens with one attached hydrogen (secondary N) is 1. The van der Waals surface area contributed by atoms with Crippen LogP contribution in [0.1, 0.15) is 42.9 Å². The van der Waals surface area contributed by atoms with E-state index in [4.69, 9.17) is 11.6 Å². The summed E-state index contributed by atoms with van der Waals surface area (Å²) < 4.78 is 1.17. The fraction of sp³-hybridized carbons (Fsp3) is 0.333. The first-order chi connectivity index (χ1) is 10.1. The van der Waals surface area contributed by atoms with Crippen LogP contribution in [0, 0.1) is 0 Å². The molecule has 110 valence electrons. The summed E-state index contributed by atoms with van der Waals surface area (Å²) >= 11 is 9.81. The van der Waals surface area contributed by atoms with Gasteiger partial charge in [0.1, 0.15) is 0 Å². The Labute approximate surface area is 139 Å². The van der Waals surface area contributed by atoms with E-state index in [1.54, 1.807) is 0 Å². The highest BCUT2D eigenvalue weighted by atomic mass is 79.9. The second-order valence-corrected chi connectivity index (χ2v) is 7.15. The Morgan fingerprint density at radius 2 is 1.90 bits per heavy atom. The summed E-state index contributed by atoms with van der Waals surface area (Å²) in [7, 11) is 0. The summed E-state index contributed by atoms with van der Waals surface area (Å²) in [6, 6.07) is 17.6. The molecule has 2 aromatic carbocycles. The van der Waals surface area contributed by atoms with E-state index >= 15 is 0 Å². The van der Waals surface area contributed by atoms with Gasteiger partial charge in [0, 0.05) is 21.6 Å². The maximum Gasteiger partial charge on any atom is 0.0453 e. The average Bonchev–Trinajstić information content (AvgIpc) is 2.42. The van der Waals surface area contributed by atoms with Crippen molar-refractivity contribution in [1.82, 2.24) is 5.32 Å².